The molecule has 1 aliphatic heterocycles. The SMILES string of the molecule is Cc1ccccc1CN1CC(C)(C(=O)O)OCC1=O. The van der Waals surface area contributed by atoms with Crippen molar-refractivity contribution >= 4 is 11.9 Å². The molecule has 1 heterocycles. The van der Waals surface area contributed by atoms with Gasteiger partial charge in [0.2, 0.25) is 5.91 Å². The van der Waals surface area contributed by atoms with Gasteiger partial charge in [-0.05, 0) is 25.0 Å². The summed E-state index contributed by atoms with van der Waals surface area (Å²) < 4.78 is 5.15. The molecule has 19 heavy (non-hydrogen) atoms. The van der Waals surface area contributed by atoms with Crippen LogP contribution in [0, 0.1) is 6.92 Å². The van der Waals surface area contributed by atoms with Gasteiger partial charge in [-0.15, -0.1) is 0 Å². The van der Waals surface area contributed by atoms with Crippen molar-refractivity contribution in [3.63, 3.8) is 0 Å². The van der Waals surface area contributed by atoms with Gasteiger partial charge < -0.3 is 14.7 Å². The highest BCUT2D eigenvalue weighted by Gasteiger charge is 2.42. The van der Waals surface area contributed by atoms with Crippen molar-refractivity contribution in [3.8, 4) is 0 Å². The van der Waals surface area contributed by atoms with E-state index in [4.69, 9.17) is 9.84 Å². The lowest BCUT2D eigenvalue weighted by Gasteiger charge is -2.37. The van der Waals surface area contributed by atoms with Crippen molar-refractivity contribution in [2.45, 2.75) is 26.0 Å². The van der Waals surface area contributed by atoms with Gasteiger partial charge in [-0.3, -0.25) is 4.79 Å². The zero-order chi connectivity index (χ0) is 14.0. The third-order valence-electron chi connectivity index (χ3n) is 3.43. The summed E-state index contributed by atoms with van der Waals surface area (Å²) in [5, 5.41) is 9.16. The summed E-state index contributed by atoms with van der Waals surface area (Å²) in [5.41, 5.74) is 0.778. The number of carbonyl (C=O) groups excluding carboxylic acids is 1. The number of ether oxygens (including phenoxy) is 1. The highest BCUT2D eigenvalue weighted by atomic mass is 16.5. The highest BCUT2D eigenvalue weighted by Crippen LogP contribution is 2.21. The molecule has 1 saturated heterocycles. The van der Waals surface area contributed by atoms with Crippen molar-refractivity contribution < 1.29 is 19.4 Å². The molecule has 1 unspecified atom stereocenters. The number of carboxylic acid groups (broad SMARTS) is 1. The fraction of sp³-hybridized carbons (Fsp3) is 0.429. The van der Waals surface area contributed by atoms with Crippen LogP contribution < -0.4 is 0 Å². The molecule has 5 heteroatoms. The molecule has 1 amide bonds. The maximum atomic E-state index is 11.8. The lowest BCUT2D eigenvalue weighted by molar-refractivity contribution is -0.182. The molecule has 1 fully saturated rings. The molecule has 0 aliphatic carbocycles. The fourth-order valence-corrected chi connectivity index (χ4v) is 2.08. The molecule has 0 saturated carbocycles. The van der Waals surface area contributed by atoms with Crippen LogP contribution in [0.15, 0.2) is 24.3 Å². The van der Waals surface area contributed by atoms with Crippen LogP contribution in [0.4, 0.5) is 0 Å². The number of benzene rings is 1. The van der Waals surface area contributed by atoms with Crippen LogP contribution in [-0.4, -0.2) is 40.6 Å². The van der Waals surface area contributed by atoms with E-state index in [-0.39, 0.29) is 19.1 Å². The topological polar surface area (TPSA) is 66.8 Å². The highest BCUT2D eigenvalue weighted by molar-refractivity contribution is 5.83. The van der Waals surface area contributed by atoms with Gasteiger partial charge in [0, 0.05) is 6.54 Å². The van der Waals surface area contributed by atoms with E-state index in [2.05, 4.69) is 0 Å². The Balaban J connectivity index is 2.17. The summed E-state index contributed by atoms with van der Waals surface area (Å²) in [7, 11) is 0. The summed E-state index contributed by atoms with van der Waals surface area (Å²) in [6.45, 7) is 3.76. The van der Waals surface area contributed by atoms with E-state index < -0.39 is 11.6 Å². The first-order chi connectivity index (χ1) is 8.92. The van der Waals surface area contributed by atoms with Crippen LogP contribution in [0.1, 0.15) is 18.1 Å². The van der Waals surface area contributed by atoms with Crippen LogP contribution in [-0.2, 0) is 20.9 Å². The molecule has 2 rings (SSSR count). The predicted molar refractivity (Wildman–Crippen MR) is 68.6 cm³/mol. The third kappa shape index (κ3) is 2.76. The van der Waals surface area contributed by atoms with Crippen molar-refractivity contribution in [2.24, 2.45) is 0 Å². The molecule has 5 nitrogen and oxygen atoms in total. The molecule has 0 bridgehead atoms. The maximum absolute atomic E-state index is 11.8. The second kappa shape index (κ2) is 5.01. The van der Waals surface area contributed by atoms with E-state index in [9.17, 15) is 9.59 Å². The largest absolute Gasteiger partial charge is 0.479 e. The van der Waals surface area contributed by atoms with E-state index in [1.807, 2.05) is 31.2 Å². The Hall–Kier alpha value is -1.88. The summed E-state index contributed by atoms with van der Waals surface area (Å²) >= 11 is 0. The Morgan fingerprint density at radius 2 is 2.16 bits per heavy atom. The third-order valence-corrected chi connectivity index (χ3v) is 3.43. The monoisotopic (exact) mass is 263 g/mol. The van der Waals surface area contributed by atoms with E-state index in [0.29, 0.717) is 6.54 Å². The van der Waals surface area contributed by atoms with Crippen LogP contribution in [0.3, 0.4) is 0 Å². The first kappa shape index (κ1) is 13.5. The van der Waals surface area contributed by atoms with Gasteiger partial charge in [0.25, 0.3) is 0 Å². The normalized spacial score (nSPS) is 23.5. The van der Waals surface area contributed by atoms with E-state index in [1.165, 1.54) is 6.92 Å². The van der Waals surface area contributed by atoms with E-state index in [1.54, 1.807) is 4.90 Å². The minimum atomic E-state index is -1.32. The average Bonchev–Trinajstić information content (AvgIpc) is 2.36. The average molecular weight is 263 g/mol. The number of rotatable bonds is 3. The smallest absolute Gasteiger partial charge is 0.337 e. The van der Waals surface area contributed by atoms with Gasteiger partial charge in [0.05, 0.1) is 6.54 Å². The van der Waals surface area contributed by atoms with Gasteiger partial charge in [-0.1, -0.05) is 24.3 Å². The van der Waals surface area contributed by atoms with E-state index in [0.717, 1.165) is 11.1 Å². The van der Waals surface area contributed by atoms with Gasteiger partial charge in [-0.2, -0.15) is 0 Å². The molecule has 1 aromatic rings. The summed E-state index contributed by atoms with van der Waals surface area (Å²) in [6.07, 6.45) is 0. The zero-order valence-electron chi connectivity index (χ0n) is 11.0. The molecule has 0 spiro atoms. The number of carbonyl (C=O) groups is 2. The van der Waals surface area contributed by atoms with Crippen molar-refractivity contribution in [1.29, 1.82) is 0 Å². The minimum Gasteiger partial charge on any atom is -0.479 e. The number of hydrogen-bond donors (Lipinski definition) is 1. The van der Waals surface area contributed by atoms with Gasteiger partial charge in [-0.25, -0.2) is 4.79 Å². The maximum Gasteiger partial charge on any atom is 0.337 e. The number of carboxylic acids is 1. The zero-order valence-corrected chi connectivity index (χ0v) is 11.0. The first-order valence-corrected chi connectivity index (χ1v) is 6.12. The first-order valence-electron chi connectivity index (χ1n) is 6.12. The van der Waals surface area contributed by atoms with Gasteiger partial charge in [0.15, 0.2) is 5.60 Å². The molecule has 1 aromatic carbocycles. The van der Waals surface area contributed by atoms with Crippen LogP contribution >= 0.6 is 0 Å². The number of aryl methyl sites for hydroxylation is 1. The summed E-state index contributed by atoms with van der Waals surface area (Å²) in [4.78, 5) is 24.6. The lowest BCUT2D eigenvalue weighted by Crippen LogP contribution is -2.56. The van der Waals surface area contributed by atoms with Crippen LogP contribution in [0.2, 0.25) is 0 Å². The molecule has 1 atom stereocenters. The number of aliphatic carboxylic acids is 1. The molecule has 0 aromatic heterocycles. The second-order valence-corrected chi connectivity index (χ2v) is 5.00. The summed E-state index contributed by atoms with van der Waals surface area (Å²) in [6, 6.07) is 7.75. The Morgan fingerprint density at radius 3 is 2.79 bits per heavy atom. The molecule has 0 radical (unpaired) electrons. The van der Waals surface area contributed by atoms with Crippen molar-refractivity contribution in [3.05, 3.63) is 35.4 Å². The molecule has 1 N–H and O–H groups in total. The lowest BCUT2D eigenvalue weighted by atomic mass is 10.0. The number of morpholine rings is 1. The Bertz CT molecular complexity index is 514. The quantitative estimate of drug-likeness (QED) is 0.889. The number of hydrogen-bond acceptors (Lipinski definition) is 3. The molecular weight excluding hydrogens is 246 g/mol. The van der Waals surface area contributed by atoms with Crippen LogP contribution in [0.5, 0.6) is 0 Å². The number of nitrogens with zero attached hydrogens (tertiary/aromatic N) is 1. The standard InChI is InChI=1S/C14H17NO4/c1-10-5-3-4-6-11(10)7-15-9-14(2,13(17)18)19-8-12(15)16/h3-6H,7-9H2,1-2H3,(H,17,18). The summed E-state index contributed by atoms with van der Waals surface area (Å²) in [5.74, 6) is -1.23. The van der Waals surface area contributed by atoms with Crippen LogP contribution in [0.25, 0.3) is 0 Å². The minimum absolute atomic E-state index is 0.0650. The molecule has 102 valence electrons. The Labute approximate surface area is 111 Å². The Kier molecular flexibility index (Phi) is 3.57. The van der Waals surface area contributed by atoms with Crippen molar-refractivity contribution in [2.75, 3.05) is 13.2 Å². The number of amides is 1. The molecular formula is C14H17NO4. The fourth-order valence-electron chi connectivity index (χ4n) is 2.08. The predicted octanol–water partition coefficient (Wildman–Crippen LogP) is 1.20. The second-order valence-electron chi connectivity index (χ2n) is 5.00. The van der Waals surface area contributed by atoms with Gasteiger partial charge >= 0.3 is 5.97 Å². The Morgan fingerprint density at radius 1 is 1.47 bits per heavy atom. The van der Waals surface area contributed by atoms with Gasteiger partial charge in [0.1, 0.15) is 6.61 Å². The van der Waals surface area contributed by atoms with E-state index >= 15 is 0 Å². The van der Waals surface area contributed by atoms with Crippen molar-refractivity contribution in [1.82, 2.24) is 4.90 Å². The molecule has 1 aliphatic rings.